The summed E-state index contributed by atoms with van der Waals surface area (Å²) in [6.45, 7) is 21.2. The summed E-state index contributed by atoms with van der Waals surface area (Å²) in [4.78, 5) is 0. The van der Waals surface area contributed by atoms with Gasteiger partial charge in [-0.25, -0.2) is 13.2 Å². The molecule has 4 rings (SSSR count). The Morgan fingerprint density at radius 3 is 2.10 bits per heavy atom. The van der Waals surface area contributed by atoms with Gasteiger partial charge in [-0.1, -0.05) is 54.5 Å². The van der Waals surface area contributed by atoms with E-state index < -0.39 is 29.7 Å². The minimum atomic E-state index is -2.44. The van der Waals surface area contributed by atoms with Crippen molar-refractivity contribution in [3.8, 4) is 0 Å². The summed E-state index contributed by atoms with van der Waals surface area (Å²) in [5, 5.41) is 21.6. The monoisotopic (exact) mass is 602 g/mol. The fraction of sp³-hybridized carbons (Fsp3) is 0.944. The molecule has 8 unspecified atom stereocenters. The van der Waals surface area contributed by atoms with Crippen LogP contribution in [0.5, 0.6) is 0 Å². The standard InChI is InChI=1S/C31H52F2O3.C3H7F.C2H6/c1-19(12-15-29(4,5)35)21-10-11-22-20-8-9-24-26(34)25(36-18-28(2,3)27(32)33)14-17-31(24,7)23(20)13-16-30(21,22)6;1-3(2)4;1-2/h9,19-23,25-27,34-35H,8,10-18H2,1-7H3;3H,1-2H3;1-2H3/t19-,20?,21?,22?,23?,25?,26?,30?,31?;;/m1../s1. The number of aliphatic hydroxyl groups is 2. The smallest absolute Gasteiger partial charge is 0.245 e. The van der Waals surface area contributed by atoms with Crippen LogP contribution in [0.3, 0.4) is 0 Å². The van der Waals surface area contributed by atoms with Crippen LogP contribution in [0, 0.1) is 45.8 Å². The highest BCUT2D eigenvalue weighted by atomic mass is 19.3. The average Bonchev–Trinajstić information content (AvgIpc) is 3.24. The molecule has 0 aromatic heterocycles. The number of aliphatic hydroxyl groups excluding tert-OH is 1. The largest absolute Gasteiger partial charge is 0.390 e. The van der Waals surface area contributed by atoms with Gasteiger partial charge >= 0.3 is 0 Å². The quantitative estimate of drug-likeness (QED) is 0.272. The molecule has 6 heteroatoms. The van der Waals surface area contributed by atoms with Crippen LogP contribution in [-0.4, -0.2) is 47.2 Å². The van der Waals surface area contributed by atoms with Crippen LogP contribution >= 0.6 is 0 Å². The van der Waals surface area contributed by atoms with Crippen molar-refractivity contribution in [1.29, 1.82) is 0 Å². The lowest BCUT2D eigenvalue weighted by atomic mass is 9.46. The molecule has 0 saturated heterocycles. The van der Waals surface area contributed by atoms with Gasteiger partial charge in [0.15, 0.2) is 0 Å². The van der Waals surface area contributed by atoms with Gasteiger partial charge in [-0.3, -0.25) is 0 Å². The van der Waals surface area contributed by atoms with Crippen molar-refractivity contribution in [2.75, 3.05) is 6.61 Å². The number of hydrogen-bond acceptors (Lipinski definition) is 3. The molecule has 42 heavy (non-hydrogen) atoms. The van der Waals surface area contributed by atoms with Crippen LogP contribution < -0.4 is 0 Å². The first kappa shape index (κ1) is 37.6. The molecular weight excluding hydrogens is 537 g/mol. The van der Waals surface area contributed by atoms with Crippen molar-refractivity contribution < 1.29 is 28.1 Å². The highest BCUT2D eigenvalue weighted by Gasteiger charge is 2.60. The van der Waals surface area contributed by atoms with Crippen molar-refractivity contribution in [1.82, 2.24) is 0 Å². The Morgan fingerprint density at radius 1 is 0.952 bits per heavy atom. The number of allylic oxidation sites excluding steroid dienone is 1. The second-order valence-electron chi connectivity index (χ2n) is 15.9. The molecule has 4 aliphatic carbocycles. The minimum Gasteiger partial charge on any atom is -0.390 e. The predicted molar refractivity (Wildman–Crippen MR) is 168 cm³/mol. The molecular formula is C36H65F3O3. The maximum absolute atomic E-state index is 13.3. The Kier molecular flexibility index (Phi) is 13.1. The predicted octanol–water partition coefficient (Wildman–Crippen LogP) is 9.79. The van der Waals surface area contributed by atoms with E-state index >= 15 is 0 Å². The molecule has 0 amide bonds. The topological polar surface area (TPSA) is 49.7 Å². The second-order valence-corrected chi connectivity index (χ2v) is 15.9. The Morgan fingerprint density at radius 2 is 1.55 bits per heavy atom. The normalized spacial score (nSPS) is 37.0. The summed E-state index contributed by atoms with van der Waals surface area (Å²) >= 11 is 0. The molecule has 0 radical (unpaired) electrons. The summed E-state index contributed by atoms with van der Waals surface area (Å²) in [5.41, 5.74) is -0.341. The summed E-state index contributed by atoms with van der Waals surface area (Å²) in [6, 6.07) is 0. The van der Waals surface area contributed by atoms with Crippen LogP contribution in [0.4, 0.5) is 13.2 Å². The molecule has 3 saturated carbocycles. The molecule has 248 valence electrons. The fourth-order valence-corrected chi connectivity index (χ4v) is 9.02. The number of hydrogen-bond donors (Lipinski definition) is 2. The molecule has 0 spiro atoms. The first-order valence-electron chi connectivity index (χ1n) is 17.0. The molecule has 0 aromatic carbocycles. The maximum Gasteiger partial charge on any atom is 0.245 e. The zero-order valence-electron chi connectivity index (χ0n) is 28.8. The number of halogens is 3. The van der Waals surface area contributed by atoms with E-state index in [1.165, 1.54) is 53.4 Å². The van der Waals surface area contributed by atoms with Gasteiger partial charge in [-0.2, -0.15) is 0 Å². The van der Waals surface area contributed by atoms with Gasteiger partial charge in [0.1, 0.15) is 6.10 Å². The molecule has 2 N–H and O–H groups in total. The second kappa shape index (κ2) is 14.7. The van der Waals surface area contributed by atoms with Gasteiger partial charge in [0, 0.05) is 5.41 Å². The van der Waals surface area contributed by atoms with Crippen LogP contribution in [0.1, 0.15) is 134 Å². The van der Waals surface area contributed by atoms with Crippen LogP contribution in [0.15, 0.2) is 11.6 Å². The third-order valence-corrected chi connectivity index (χ3v) is 11.4. The molecule has 0 bridgehead atoms. The lowest BCUT2D eigenvalue weighted by Crippen LogP contribution is -2.54. The Balaban J connectivity index is 0.000000947. The van der Waals surface area contributed by atoms with Gasteiger partial charge in [0.2, 0.25) is 6.43 Å². The number of ether oxygens (including phenoxy) is 1. The van der Waals surface area contributed by atoms with Gasteiger partial charge in [0.05, 0.1) is 24.5 Å². The van der Waals surface area contributed by atoms with E-state index in [-0.39, 0.29) is 18.1 Å². The lowest BCUT2D eigenvalue weighted by molar-refractivity contribution is -0.123. The maximum atomic E-state index is 13.3. The van der Waals surface area contributed by atoms with E-state index in [1.54, 1.807) is 0 Å². The van der Waals surface area contributed by atoms with Crippen LogP contribution in [0.25, 0.3) is 0 Å². The van der Waals surface area contributed by atoms with E-state index in [1.807, 2.05) is 27.7 Å². The average molecular weight is 603 g/mol. The summed E-state index contributed by atoms with van der Waals surface area (Å²) in [6.07, 6.45) is 7.83. The Bertz CT molecular complexity index is 863. The zero-order valence-corrected chi connectivity index (χ0v) is 28.8. The van der Waals surface area contributed by atoms with Crippen molar-refractivity contribution >= 4 is 0 Å². The molecule has 3 fully saturated rings. The van der Waals surface area contributed by atoms with E-state index in [0.29, 0.717) is 23.2 Å². The molecule has 0 aliphatic heterocycles. The molecule has 0 aromatic rings. The Hall–Kier alpha value is -0.590. The van der Waals surface area contributed by atoms with Gasteiger partial charge in [-0.15, -0.1) is 0 Å². The number of alkyl halides is 3. The highest BCUT2D eigenvalue weighted by molar-refractivity contribution is 5.29. The Labute approximate surface area is 256 Å². The molecule has 0 heterocycles. The third kappa shape index (κ3) is 8.36. The van der Waals surface area contributed by atoms with E-state index in [9.17, 15) is 23.4 Å². The van der Waals surface area contributed by atoms with Gasteiger partial charge in [0.25, 0.3) is 0 Å². The van der Waals surface area contributed by atoms with E-state index in [2.05, 4.69) is 26.8 Å². The SMILES string of the molecule is CC.CC(C)F.C[C@H](CCC(C)(C)O)C1CCC2C3CC=C4C(O)C(OCC(C)(C)C(F)F)CCC4(C)C3CCC21C. The van der Waals surface area contributed by atoms with Crippen molar-refractivity contribution in [3.05, 3.63) is 11.6 Å². The number of fused-ring (bicyclic) bond motifs is 5. The number of rotatable bonds is 8. The fourth-order valence-electron chi connectivity index (χ4n) is 9.02. The first-order valence-corrected chi connectivity index (χ1v) is 17.0. The van der Waals surface area contributed by atoms with Gasteiger partial charge in [-0.05, 0) is 131 Å². The summed E-state index contributed by atoms with van der Waals surface area (Å²) in [7, 11) is 0. The molecule has 9 atom stereocenters. The van der Waals surface area contributed by atoms with Crippen molar-refractivity contribution in [2.24, 2.45) is 45.8 Å². The highest BCUT2D eigenvalue weighted by Crippen LogP contribution is 2.67. The molecule has 3 nitrogen and oxygen atoms in total. The minimum absolute atomic E-state index is 0.0215. The van der Waals surface area contributed by atoms with Gasteiger partial charge < -0.3 is 14.9 Å². The molecule has 4 aliphatic rings. The van der Waals surface area contributed by atoms with Crippen molar-refractivity contribution in [2.45, 2.75) is 164 Å². The van der Waals surface area contributed by atoms with E-state index in [4.69, 9.17) is 4.74 Å². The van der Waals surface area contributed by atoms with E-state index in [0.717, 1.165) is 49.5 Å². The summed E-state index contributed by atoms with van der Waals surface area (Å²) < 4.78 is 43.6. The summed E-state index contributed by atoms with van der Waals surface area (Å²) in [5.74, 6) is 3.30. The van der Waals surface area contributed by atoms with Crippen LogP contribution in [0.2, 0.25) is 0 Å². The van der Waals surface area contributed by atoms with Crippen LogP contribution in [-0.2, 0) is 4.74 Å². The zero-order chi connectivity index (χ0) is 32.3. The first-order chi connectivity index (χ1) is 19.3. The third-order valence-electron chi connectivity index (χ3n) is 11.4. The van der Waals surface area contributed by atoms with Crippen molar-refractivity contribution in [3.63, 3.8) is 0 Å². The lowest BCUT2D eigenvalue weighted by Gasteiger charge is -2.59.